The first-order valence-electron chi connectivity index (χ1n) is 11.0. The molecule has 0 aliphatic carbocycles. The minimum absolute atomic E-state index is 0.324. The predicted octanol–water partition coefficient (Wildman–Crippen LogP) is 5.90. The number of hydrogen-bond donors (Lipinski definition) is 3. The van der Waals surface area contributed by atoms with E-state index in [1.165, 1.54) is 23.3 Å². The Hall–Kier alpha value is -3.90. The lowest BCUT2D eigenvalue weighted by Crippen LogP contribution is -2.19. The van der Waals surface area contributed by atoms with Gasteiger partial charge in [0.1, 0.15) is 17.3 Å². The van der Waals surface area contributed by atoms with Crippen LogP contribution in [0.1, 0.15) is 12.0 Å². The Labute approximate surface area is 190 Å². The van der Waals surface area contributed by atoms with Gasteiger partial charge in [-0.15, -0.1) is 0 Å². The maximum atomic E-state index is 14.2. The Bertz CT molecular complexity index is 1530. The van der Waals surface area contributed by atoms with Crippen LogP contribution in [-0.2, 0) is 0 Å². The van der Waals surface area contributed by atoms with Gasteiger partial charge < -0.3 is 15.0 Å². The van der Waals surface area contributed by atoms with Gasteiger partial charge in [0, 0.05) is 28.9 Å². The molecule has 0 saturated carbocycles. The van der Waals surface area contributed by atoms with Crippen molar-refractivity contribution in [3.63, 3.8) is 0 Å². The second-order valence-electron chi connectivity index (χ2n) is 8.35. The molecule has 0 amide bonds. The summed E-state index contributed by atoms with van der Waals surface area (Å²) in [7, 11) is 1.55. The highest BCUT2D eigenvalue weighted by molar-refractivity contribution is 6.01. The van der Waals surface area contributed by atoms with Gasteiger partial charge in [-0.05, 0) is 71.6 Å². The lowest BCUT2D eigenvalue weighted by Gasteiger charge is -2.14. The highest BCUT2D eigenvalue weighted by atomic mass is 19.1. The average molecular weight is 439 g/mol. The summed E-state index contributed by atoms with van der Waals surface area (Å²) in [6, 6.07) is 19.3. The fraction of sp³-hybridized carbons (Fsp3) is 0.148. The van der Waals surface area contributed by atoms with E-state index in [0.29, 0.717) is 5.75 Å². The molecule has 164 valence electrons. The molecule has 0 unspecified atom stereocenters. The zero-order valence-electron chi connectivity index (χ0n) is 18.2. The van der Waals surface area contributed by atoms with Crippen molar-refractivity contribution in [1.29, 1.82) is 0 Å². The number of rotatable bonds is 4. The van der Waals surface area contributed by atoms with E-state index in [0.717, 1.165) is 63.8 Å². The van der Waals surface area contributed by atoms with Crippen LogP contribution in [-0.4, -0.2) is 35.4 Å². The summed E-state index contributed by atoms with van der Waals surface area (Å²) in [4.78, 5) is 3.51. The van der Waals surface area contributed by atoms with Gasteiger partial charge in [0.15, 0.2) is 0 Å². The Morgan fingerprint density at radius 2 is 1.88 bits per heavy atom. The van der Waals surface area contributed by atoms with Crippen molar-refractivity contribution in [2.45, 2.75) is 6.42 Å². The molecule has 0 atom stereocenters. The quantitative estimate of drug-likeness (QED) is 0.327. The largest absolute Gasteiger partial charge is 0.497 e. The molecule has 5 nitrogen and oxygen atoms in total. The molecular formula is C27H23FN4O. The third-order valence-corrected chi connectivity index (χ3v) is 6.33. The van der Waals surface area contributed by atoms with Gasteiger partial charge in [-0.1, -0.05) is 24.3 Å². The third-order valence-electron chi connectivity index (χ3n) is 6.33. The van der Waals surface area contributed by atoms with Crippen LogP contribution in [0.2, 0.25) is 0 Å². The highest BCUT2D eigenvalue weighted by Crippen LogP contribution is 2.36. The molecule has 5 aromatic rings. The number of hydrogen-bond acceptors (Lipinski definition) is 3. The molecule has 1 aliphatic rings. The molecule has 0 radical (unpaired) electrons. The first-order valence-corrected chi connectivity index (χ1v) is 11.0. The summed E-state index contributed by atoms with van der Waals surface area (Å²) in [5, 5.41) is 13.2. The minimum atomic E-state index is -0.324. The van der Waals surface area contributed by atoms with Crippen LogP contribution in [0.25, 0.3) is 49.9 Å². The van der Waals surface area contributed by atoms with Crippen molar-refractivity contribution in [3.8, 4) is 28.3 Å². The molecule has 0 fully saturated rings. The van der Waals surface area contributed by atoms with E-state index in [4.69, 9.17) is 4.74 Å². The number of fused-ring (bicyclic) bond motifs is 2. The van der Waals surface area contributed by atoms with Crippen molar-refractivity contribution in [2.24, 2.45) is 0 Å². The lowest BCUT2D eigenvalue weighted by atomic mass is 9.98. The van der Waals surface area contributed by atoms with E-state index in [1.54, 1.807) is 7.11 Å². The molecule has 3 aromatic carbocycles. The summed E-state index contributed by atoms with van der Waals surface area (Å²) >= 11 is 0. The summed E-state index contributed by atoms with van der Waals surface area (Å²) < 4.78 is 19.5. The molecule has 0 saturated heterocycles. The Kier molecular flexibility index (Phi) is 4.73. The maximum absolute atomic E-state index is 14.2. The van der Waals surface area contributed by atoms with Crippen molar-refractivity contribution >= 4 is 27.4 Å². The summed E-state index contributed by atoms with van der Waals surface area (Å²) in [6.07, 6.45) is 3.28. The number of nitrogens with zero attached hydrogens (tertiary/aromatic N) is 1. The van der Waals surface area contributed by atoms with E-state index in [9.17, 15) is 4.39 Å². The van der Waals surface area contributed by atoms with Crippen molar-refractivity contribution in [1.82, 2.24) is 20.5 Å². The molecule has 33 heavy (non-hydrogen) atoms. The second kappa shape index (κ2) is 7.90. The van der Waals surface area contributed by atoms with Gasteiger partial charge in [0.25, 0.3) is 0 Å². The van der Waals surface area contributed by atoms with Crippen molar-refractivity contribution in [2.75, 3.05) is 20.2 Å². The van der Waals surface area contributed by atoms with Crippen LogP contribution in [0.3, 0.4) is 0 Å². The van der Waals surface area contributed by atoms with Gasteiger partial charge in [0.05, 0.1) is 18.3 Å². The van der Waals surface area contributed by atoms with Crippen LogP contribution in [0.5, 0.6) is 5.75 Å². The van der Waals surface area contributed by atoms with Gasteiger partial charge in [0.2, 0.25) is 0 Å². The minimum Gasteiger partial charge on any atom is -0.497 e. The third kappa shape index (κ3) is 3.49. The van der Waals surface area contributed by atoms with Crippen LogP contribution in [0.4, 0.5) is 4.39 Å². The van der Waals surface area contributed by atoms with E-state index in [2.05, 4.69) is 50.8 Å². The van der Waals surface area contributed by atoms with E-state index >= 15 is 0 Å². The molecule has 6 heteroatoms. The number of aromatic nitrogens is 3. The van der Waals surface area contributed by atoms with Crippen molar-refractivity contribution < 1.29 is 9.13 Å². The highest BCUT2D eigenvalue weighted by Gasteiger charge is 2.16. The van der Waals surface area contributed by atoms with Crippen molar-refractivity contribution in [3.05, 3.63) is 78.1 Å². The Balaban J connectivity index is 1.48. The average Bonchev–Trinajstić information content (AvgIpc) is 3.47. The number of methoxy groups -OCH3 is 1. The van der Waals surface area contributed by atoms with E-state index < -0.39 is 0 Å². The summed E-state index contributed by atoms with van der Waals surface area (Å²) in [5.41, 5.74) is 8.07. The molecule has 2 aromatic heterocycles. The standard InChI is InChI=1S/C27H23FN4O/c1-33-20-12-18(11-19(28)14-20)21-3-2-4-24-22(21)15-26(30-24)27-23-13-17(5-6-25(23)31-32-27)16-7-9-29-10-8-16/h2-7,11-15,29-30H,8-10H2,1H3,(H,31,32). The first kappa shape index (κ1) is 19.8. The van der Waals surface area contributed by atoms with E-state index in [-0.39, 0.29) is 5.82 Å². The predicted molar refractivity (Wildman–Crippen MR) is 131 cm³/mol. The lowest BCUT2D eigenvalue weighted by molar-refractivity contribution is 0.411. The van der Waals surface area contributed by atoms with Gasteiger partial charge >= 0.3 is 0 Å². The number of nitrogens with one attached hydrogen (secondary N) is 3. The molecular weight excluding hydrogens is 415 g/mol. The molecule has 0 bridgehead atoms. The number of H-pyrrole nitrogens is 2. The number of benzene rings is 3. The van der Waals surface area contributed by atoms with Gasteiger partial charge in [-0.25, -0.2) is 4.39 Å². The summed E-state index contributed by atoms with van der Waals surface area (Å²) in [6.45, 7) is 1.90. The van der Waals surface area contributed by atoms with Crippen LogP contribution >= 0.6 is 0 Å². The SMILES string of the molecule is COc1cc(F)cc(-c2cccc3[nH]c(-c4n[nH]c5ccc(C6=CCNCC6)cc45)cc23)c1. The molecule has 1 aliphatic heterocycles. The number of aromatic amines is 2. The van der Waals surface area contributed by atoms with E-state index in [1.807, 2.05) is 24.3 Å². The molecule has 3 heterocycles. The Morgan fingerprint density at radius 1 is 0.939 bits per heavy atom. The van der Waals surface area contributed by atoms with Crippen LogP contribution < -0.4 is 10.1 Å². The Morgan fingerprint density at radius 3 is 2.73 bits per heavy atom. The summed E-state index contributed by atoms with van der Waals surface area (Å²) in [5.74, 6) is 0.172. The fourth-order valence-corrected chi connectivity index (χ4v) is 4.67. The molecule has 0 spiro atoms. The van der Waals surface area contributed by atoms with Crippen LogP contribution in [0.15, 0.2) is 66.7 Å². The topological polar surface area (TPSA) is 65.7 Å². The zero-order chi connectivity index (χ0) is 22.4. The van der Waals surface area contributed by atoms with Crippen LogP contribution in [0, 0.1) is 5.82 Å². The molecule has 6 rings (SSSR count). The monoisotopic (exact) mass is 438 g/mol. The second-order valence-corrected chi connectivity index (χ2v) is 8.35. The first-order chi connectivity index (χ1) is 16.2. The maximum Gasteiger partial charge on any atom is 0.127 e. The fourth-order valence-electron chi connectivity index (χ4n) is 4.67. The normalized spacial score (nSPS) is 14.1. The molecule has 3 N–H and O–H groups in total. The number of ether oxygens (including phenoxy) is 1. The number of halogens is 1. The van der Waals surface area contributed by atoms with Gasteiger partial charge in [-0.2, -0.15) is 5.10 Å². The zero-order valence-corrected chi connectivity index (χ0v) is 18.2. The van der Waals surface area contributed by atoms with Gasteiger partial charge in [-0.3, -0.25) is 5.10 Å². The smallest absolute Gasteiger partial charge is 0.127 e.